The van der Waals surface area contributed by atoms with E-state index in [0.29, 0.717) is 17.1 Å². The largest absolute Gasteiger partial charge is 0.330 e. The van der Waals surface area contributed by atoms with Crippen molar-refractivity contribution in [1.82, 2.24) is 15.3 Å². The molecule has 142 valence electrons. The van der Waals surface area contributed by atoms with E-state index < -0.39 is 5.82 Å². The highest BCUT2D eigenvalue weighted by molar-refractivity contribution is 6.28. The maximum atomic E-state index is 14.6. The zero-order valence-electron chi connectivity index (χ0n) is 15.1. The molecule has 1 atom stereocenters. The average molecular weight is 390 g/mol. The second-order valence-electron chi connectivity index (χ2n) is 6.97. The summed E-state index contributed by atoms with van der Waals surface area (Å²) in [4.78, 5) is 25.1. The van der Waals surface area contributed by atoms with E-state index in [9.17, 15) is 9.18 Å². The molecular formula is C19H21ClFN5O. The van der Waals surface area contributed by atoms with E-state index in [2.05, 4.69) is 15.3 Å². The number of benzene rings is 1. The molecule has 2 amide bonds. The lowest BCUT2D eigenvalue weighted by Crippen LogP contribution is -2.53. The maximum Gasteiger partial charge on any atom is 0.330 e. The van der Waals surface area contributed by atoms with Crippen molar-refractivity contribution in [3.8, 4) is 0 Å². The molecule has 0 radical (unpaired) electrons. The van der Waals surface area contributed by atoms with Crippen LogP contribution in [0, 0.1) is 12.7 Å². The second-order valence-corrected chi connectivity index (χ2v) is 7.30. The molecule has 1 aromatic heterocycles. The summed E-state index contributed by atoms with van der Waals surface area (Å²) in [5.41, 5.74) is 1.78. The van der Waals surface area contributed by atoms with E-state index in [-0.39, 0.29) is 23.9 Å². The number of rotatable bonds is 2. The van der Waals surface area contributed by atoms with Gasteiger partial charge in [0.2, 0.25) is 5.28 Å². The molecular weight excluding hydrogens is 369 g/mol. The predicted octanol–water partition coefficient (Wildman–Crippen LogP) is 3.67. The summed E-state index contributed by atoms with van der Waals surface area (Å²) in [5.74, 6) is 0.126. The zero-order chi connectivity index (χ0) is 19.0. The van der Waals surface area contributed by atoms with Crippen LogP contribution >= 0.6 is 11.6 Å². The van der Waals surface area contributed by atoms with Crippen LogP contribution in [0.1, 0.15) is 30.4 Å². The van der Waals surface area contributed by atoms with Crippen LogP contribution in [0.5, 0.6) is 0 Å². The Morgan fingerprint density at radius 3 is 2.96 bits per heavy atom. The van der Waals surface area contributed by atoms with Gasteiger partial charge >= 0.3 is 6.03 Å². The van der Waals surface area contributed by atoms with E-state index in [0.717, 1.165) is 37.9 Å². The lowest BCUT2D eigenvalue weighted by atomic mass is 10.0. The van der Waals surface area contributed by atoms with Gasteiger partial charge in [0.25, 0.3) is 0 Å². The third-order valence-electron chi connectivity index (χ3n) is 5.17. The van der Waals surface area contributed by atoms with E-state index >= 15 is 0 Å². The molecule has 1 saturated heterocycles. The number of aromatic nitrogens is 2. The first-order valence-electron chi connectivity index (χ1n) is 9.14. The van der Waals surface area contributed by atoms with Crippen LogP contribution < -0.4 is 15.1 Å². The molecule has 8 heteroatoms. The van der Waals surface area contributed by atoms with Gasteiger partial charge in [0.05, 0.1) is 12.2 Å². The summed E-state index contributed by atoms with van der Waals surface area (Å²) in [6.45, 7) is 3.77. The molecule has 1 aromatic carbocycles. The number of fused-ring (bicyclic) bond motifs is 1. The highest BCUT2D eigenvalue weighted by Crippen LogP contribution is 2.36. The second kappa shape index (κ2) is 7.40. The summed E-state index contributed by atoms with van der Waals surface area (Å²) in [7, 11) is 0. The Morgan fingerprint density at radius 2 is 2.15 bits per heavy atom. The van der Waals surface area contributed by atoms with Gasteiger partial charge in [-0.3, -0.25) is 9.80 Å². The van der Waals surface area contributed by atoms with Crippen molar-refractivity contribution >= 4 is 29.1 Å². The van der Waals surface area contributed by atoms with Crippen molar-refractivity contribution < 1.29 is 9.18 Å². The molecule has 0 bridgehead atoms. The van der Waals surface area contributed by atoms with Crippen LogP contribution in [-0.4, -0.2) is 35.1 Å². The van der Waals surface area contributed by atoms with Crippen molar-refractivity contribution in [2.75, 3.05) is 22.9 Å². The maximum absolute atomic E-state index is 14.6. The lowest BCUT2D eigenvalue weighted by Gasteiger charge is -2.40. The Morgan fingerprint density at radius 1 is 1.30 bits per heavy atom. The molecule has 0 saturated carbocycles. The molecule has 0 aliphatic carbocycles. The van der Waals surface area contributed by atoms with E-state index in [1.807, 2.05) is 0 Å². The van der Waals surface area contributed by atoms with Crippen molar-refractivity contribution in [1.29, 1.82) is 0 Å². The van der Waals surface area contributed by atoms with Gasteiger partial charge in [-0.05, 0) is 62.5 Å². The van der Waals surface area contributed by atoms with Crippen LogP contribution in [0.4, 0.5) is 20.7 Å². The highest BCUT2D eigenvalue weighted by Gasteiger charge is 2.38. The molecule has 2 aliphatic rings. The number of amides is 2. The molecule has 3 heterocycles. The molecule has 2 aliphatic heterocycles. The Labute approximate surface area is 162 Å². The third kappa shape index (κ3) is 3.37. The fourth-order valence-electron chi connectivity index (χ4n) is 3.88. The van der Waals surface area contributed by atoms with Crippen LogP contribution in [0.15, 0.2) is 24.4 Å². The van der Waals surface area contributed by atoms with E-state index in [1.165, 1.54) is 11.0 Å². The molecule has 4 rings (SSSR count). The smallest absolute Gasteiger partial charge is 0.317 e. The highest BCUT2D eigenvalue weighted by atomic mass is 35.5. The number of carbonyl (C=O) groups is 1. The first-order chi connectivity index (χ1) is 13.1. The minimum Gasteiger partial charge on any atom is -0.317 e. The van der Waals surface area contributed by atoms with Crippen molar-refractivity contribution in [2.45, 2.75) is 38.8 Å². The Balaban J connectivity index is 1.81. The van der Waals surface area contributed by atoms with Crippen LogP contribution in [0.3, 0.4) is 0 Å². The standard InChI is InChI=1S/C19H21ClFN5O/c1-12-4-2-6-15(21)16(12)25-11-13-10-23-18(20)24-17(13)26(19(25)27)14-5-3-8-22-9-7-14/h2,4,6,10,14,22H,3,5,7-9,11H2,1H3/t14-/m1/s1. The van der Waals surface area contributed by atoms with Gasteiger partial charge in [-0.25, -0.2) is 14.2 Å². The fourth-order valence-corrected chi connectivity index (χ4v) is 4.01. The number of carbonyl (C=O) groups excluding carboxylic acids is 1. The molecule has 2 aromatic rings. The first kappa shape index (κ1) is 18.1. The van der Waals surface area contributed by atoms with Gasteiger partial charge < -0.3 is 5.32 Å². The lowest BCUT2D eigenvalue weighted by molar-refractivity contribution is 0.246. The van der Waals surface area contributed by atoms with Gasteiger partial charge in [-0.1, -0.05) is 12.1 Å². The van der Waals surface area contributed by atoms with Crippen LogP contribution in [0.2, 0.25) is 5.28 Å². The van der Waals surface area contributed by atoms with Gasteiger partial charge in [0.1, 0.15) is 11.6 Å². The average Bonchev–Trinajstić information content (AvgIpc) is 2.91. The van der Waals surface area contributed by atoms with Gasteiger partial charge in [0.15, 0.2) is 0 Å². The summed E-state index contributed by atoms with van der Waals surface area (Å²) in [5, 5.41) is 3.46. The quantitative estimate of drug-likeness (QED) is 0.796. The summed E-state index contributed by atoms with van der Waals surface area (Å²) in [6.07, 6.45) is 4.24. The number of nitrogens with zero attached hydrogens (tertiary/aromatic N) is 4. The Bertz CT molecular complexity index is 849. The number of aryl methyl sites for hydroxylation is 1. The van der Waals surface area contributed by atoms with Crippen LogP contribution in [0.25, 0.3) is 0 Å². The third-order valence-corrected chi connectivity index (χ3v) is 5.36. The van der Waals surface area contributed by atoms with Gasteiger partial charge in [0, 0.05) is 17.8 Å². The van der Waals surface area contributed by atoms with Gasteiger partial charge in [-0.15, -0.1) is 0 Å². The molecule has 1 N–H and O–H groups in total. The fraction of sp³-hybridized carbons (Fsp3) is 0.421. The summed E-state index contributed by atoms with van der Waals surface area (Å²) >= 11 is 6.02. The van der Waals surface area contributed by atoms with E-state index in [4.69, 9.17) is 11.6 Å². The molecule has 1 fully saturated rings. The number of hydrogen-bond acceptors (Lipinski definition) is 4. The van der Waals surface area contributed by atoms with Crippen molar-refractivity contribution in [2.24, 2.45) is 0 Å². The van der Waals surface area contributed by atoms with Crippen molar-refractivity contribution in [3.63, 3.8) is 0 Å². The number of halogens is 2. The SMILES string of the molecule is Cc1cccc(F)c1N1Cc2cnc(Cl)nc2N([C@@H]2CCCNCC2)C1=O. The summed E-state index contributed by atoms with van der Waals surface area (Å²) in [6, 6.07) is 4.54. The molecule has 0 spiro atoms. The number of nitrogens with one attached hydrogen (secondary N) is 1. The topological polar surface area (TPSA) is 61.4 Å². The number of anilines is 2. The Hall–Kier alpha value is -2.25. The van der Waals surface area contributed by atoms with E-state index in [1.54, 1.807) is 30.2 Å². The molecule has 6 nitrogen and oxygen atoms in total. The monoisotopic (exact) mass is 389 g/mol. The van der Waals surface area contributed by atoms with Crippen LogP contribution in [-0.2, 0) is 6.54 Å². The normalized spacial score (nSPS) is 20.4. The Kier molecular flexibility index (Phi) is 4.97. The predicted molar refractivity (Wildman–Crippen MR) is 103 cm³/mol. The first-order valence-corrected chi connectivity index (χ1v) is 9.52. The van der Waals surface area contributed by atoms with Gasteiger partial charge in [-0.2, -0.15) is 4.98 Å². The summed E-state index contributed by atoms with van der Waals surface area (Å²) < 4.78 is 14.6. The number of hydrogen-bond donors (Lipinski definition) is 1. The number of para-hydroxylation sites is 1. The van der Waals surface area contributed by atoms with Crippen molar-refractivity contribution in [3.05, 3.63) is 46.6 Å². The zero-order valence-corrected chi connectivity index (χ0v) is 15.8. The minimum absolute atomic E-state index is 0.0212. The molecule has 27 heavy (non-hydrogen) atoms. The molecule has 0 unspecified atom stereocenters. The number of urea groups is 1. The minimum atomic E-state index is -0.413.